The maximum Gasteiger partial charge on any atom is 0.269 e. The molecule has 1 aromatic carbocycles. The minimum absolute atomic E-state index is 0.101. The van der Waals surface area contributed by atoms with Gasteiger partial charge in [-0.15, -0.1) is 11.3 Å². The summed E-state index contributed by atoms with van der Waals surface area (Å²) in [5.74, 6) is 0.283. The monoisotopic (exact) mass is 534 g/mol. The number of hydrogen-bond donors (Lipinski definition) is 3. The number of hydrogen-bond acceptors (Lipinski definition) is 8. The van der Waals surface area contributed by atoms with Crippen molar-refractivity contribution in [1.29, 1.82) is 0 Å². The molecule has 1 fully saturated rings. The van der Waals surface area contributed by atoms with Crippen LogP contribution in [0.3, 0.4) is 0 Å². The average Bonchev–Trinajstić information content (AvgIpc) is 3.17. The Labute approximate surface area is 203 Å². The number of carbonyl (C=O) groups is 1. The normalized spacial score (nSPS) is 18.2. The minimum Gasteiger partial charge on any atom is -0.495 e. The van der Waals surface area contributed by atoms with Crippen LogP contribution in [-0.4, -0.2) is 48.2 Å². The van der Waals surface area contributed by atoms with Crippen LogP contribution in [0, 0.1) is 5.82 Å². The standard InChI is InChI=1S/C22H24BrFN6O2S/c1-12-10-30(11-13(2)26-12)22-25-9-16(24)20(29-22)27-14-4-6-15(7-5-14)28-21(31)19-17(32-3)8-18(23)33-19/h4-9,12-13,26H,10-11H2,1-3H3,(H,28,31)(H,25,27,29)/t12-,13+. The van der Waals surface area contributed by atoms with Gasteiger partial charge in [0.2, 0.25) is 5.95 Å². The molecule has 1 amide bonds. The first-order valence-corrected chi connectivity index (χ1v) is 12.0. The number of benzene rings is 1. The summed E-state index contributed by atoms with van der Waals surface area (Å²) in [4.78, 5) is 23.7. The molecule has 3 aromatic rings. The SMILES string of the molecule is COc1cc(Br)sc1C(=O)Nc1ccc(Nc2nc(N3C[C@@H](C)N[C@@H](C)C3)ncc2F)cc1. The zero-order valence-electron chi connectivity index (χ0n) is 18.4. The zero-order chi connectivity index (χ0) is 23.5. The number of rotatable bonds is 6. The van der Waals surface area contributed by atoms with Gasteiger partial charge in [-0.1, -0.05) is 0 Å². The van der Waals surface area contributed by atoms with E-state index in [0.29, 0.717) is 27.9 Å². The molecule has 11 heteroatoms. The van der Waals surface area contributed by atoms with Gasteiger partial charge in [0.15, 0.2) is 11.6 Å². The third-order valence-electron chi connectivity index (χ3n) is 5.07. The molecular formula is C22H24BrFN6O2S. The lowest BCUT2D eigenvalue weighted by molar-refractivity contribution is 0.102. The average molecular weight is 535 g/mol. The van der Waals surface area contributed by atoms with Gasteiger partial charge in [0.05, 0.1) is 17.1 Å². The van der Waals surface area contributed by atoms with Crippen molar-refractivity contribution < 1.29 is 13.9 Å². The smallest absolute Gasteiger partial charge is 0.269 e. The first kappa shape index (κ1) is 23.4. The third kappa shape index (κ3) is 5.60. The van der Waals surface area contributed by atoms with Gasteiger partial charge in [-0.2, -0.15) is 4.98 Å². The number of methoxy groups -OCH3 is 1. The highest BCUT2D eigenvalue weighted by atomic mass is 79.9. The Balaban J connectivity index is 1.45. The predicted molar refractivity (Wildman–Crippen MR) is 133 cm³/mol. The lowest BCUT2D eigenvalue weighted by Crippen LogP contribution is -2.54. The second kappa shape index (κ2) is 10.0. The second-order valence-electron chi connectivity index (χ2n) is 7.84. The molecule has 1 aliphatic rings. The third-order valence-corrected chi connectivity index (χ3v) is 6.69. The first-order valence-electron chi connectivity index (χ1n) is 10.4. The van der Waals surface area contributed by atoms with Crippen LogP contribution in [0.4, 0.5) is 27.5 Å². The molecule has 2 aromatic heterocycles. The fourth-order valence-electron chi connectivity index (χ4n) is 3.71. The summed E-state index contributed by atoms with van der Waals surface area (Å²) >= 11 is 4.65. The Morgan fingerprint density at radius 3 is 2.58 bits per heavy atom. The van der Waals surface area contributed by atoms with Crippen LogP contribution in [0.15, 0.2) is 40.3 Å². The van der Waals surface area contributed by atoms with Crippen LogP contribution in [0.5, 0.6) is 5.75 Å². The number of aromatic nitrogens is 2. The van der Waals surface area contributed by atoms with Crippen molar-refractivity contribution in [3.63, 3.8) is 0 Å². The summed E-state index contributed by atoms with van der Waals surface area (Å²) in [6.45, 7) is 5.68. The van der Waals surface area contributed by atoms with E-state index in [9.17, 15) is 9.18 Å². The first-order chi connectivity index (χ1) is 15.8. The van der Waals surface area contributed by atoms with Gasteiger partial charge < -0.3 is 25.6 Å². The fourth-order valence-corrected chi connectivity index (χ4v) is 5.15. The molecular weight excluding hydrogens is 511 g/mol. The second-order valence-corrected chi connectivity index (χ2v) is 10.3. The number of ether oxygens (including phenoxy) is 1. The van der Waals surface area contributed by atoms with E-state index in [1.54, 1.807) is 30.3 Å². The maximum atomic E-state index is 14.4. The molecule has 3 heterocycles. The van der Waals surface area contributed by atoms with Crippen LogP contribution < -0.4 is 25.6 Å². The van der Waals surface area contributed by atoms with Crippen molar-refractivity contribution >= 4 is 56.3 Å². The van der Waals surface area contributed by atoms with Crippen LogP contribution in [0.1, 0.15) is 23.5 Å². The summed E-state index contributed by atoms with van der Waals surface area (Å²) in [5, 5.41) is 9.30. The van der Waals surface area contributed by atoms with E-state index in [4.69, 9.17) is 4.74 Å². The zero-order valence-corrected chi connectivity index (χ0v) is 20.8. The highest BCUT2D eigenvalue weighted by Crippen LogP contribution is 2.33. The van der Waals surface area contributed by atoms with Gasteiger partial charge in [-0.05, 0) is 54.0 Å². The van der Waals surface area contributed by atoms with E-state index in [1.807, 2.05) is 4.90 Å². The van der Waals surface area contributed by atoms with Crippen molar-refractivity contribution in [3.05, 3.63) is 51.0 Å². The molecule has 3 N–H and O–H groups in total. The van der Waals surface area contributed by atoms with E-state index >= 15 is 0 Å². The lowest BCUT2D eigenvalue weighted by atomic mass is 10.1. The summed E-state index contributed by atoms with van der Waals surface area (Å²) in [6.07, 6.45) is 1.18. The van der Waals surface area contributed by atoms with Crippen molar-refractivity contribution in [2.45, 2.75) is 25.9 Å². The number of piperazine rings is 1. The van der Waals surface area contributed by atoms with E-state index in [2.05, 4.69) is 55.7 Å². The molecule has 0 radical (unpaired) electrons. The molecule has 8 nitrogen and oxygen atoms in total. The molecule has 2 atom stereocenters. The van der Waals surface area contributed by atoms with E-state index in [1.165, 1.54) is 24.6 Å². The highest BCUT2D eigenvalue weighted by Gasteiger charge is 2.23. The number of thiophene rings is 1. The Bertz CT molecular complexity index is 1130. The Morgan fingerprint density at radius 1 is 1.24 bits per heavy atom. The van der Waals surface area contributed by atoms with Crippen molar-refractivity contribution in [3.8, 4) is 5.75 Å². The topological polar surface area (TPSA) is 91.4 Å². The lowest BCUT2D eigenvalue weighted by Gasteiger charge is -2.36. The van der Waals surface area contributed by atoms with Gasteiger partial charge in [-0.3, -0.25) is 4.79 Å². The number of nitrogens with one attached hydrogen (secondary N) is 3. The van der Waals surface area contributed by atoms with Crippen LogP contribution in [0.25, 0.3) is 0 Å². The van der Waals surface area contributed by atoms with Gasteiger partial charge in [0.25, 0.3) is 5.91 Å². The maximum absolute atomic E-state index is 14.4. The van der Waals surface area contributed by atoms with Crippen LogP contribution in [-0.2, 0) is 0 Å². The van der Waals surface area contributed by atoms with Crippen molar-refractivity contribution in [2.24, 2.45) is 0 Å². The number of anilines is 4. The summed E-state index contributed by atoms with van der Waals surface area (Å²) < 4.78 is 20.4. The molecule has 1 aliphatic heterocycles. The Kier molecular flexibility index (Phi) is 7.11. The fraction of sp³-hybridized carbons (Fsp3) is 0.318. The highest BCUT2D eigenvalue weighted by molar-refractivity contribution is 9.11. The summed E-state index contributed by atoms with van der Waals surface area (Å²) in [6, 6.07) is 9.28. The molecule has 33 heavy (non-hydrogen) atoms. The van der Waals surface area contributed by atoms with Crippen molar-refractivity contribution in [2.75, 3.05) is 35.7 Å². The molecule has 174 valence electrons. The van der Waals surface area contributed by atoms with Crippen LogP contribution in [0.2, 0.25) is 0 Å². The van der Waals surface area contributed by atoms with Crippen molar-refractivity contribution in [1.82, 2.24) is 15.3 Å². The Morgan fingerprint density at radius 2 is 1.91 bits per heavy atom. The number of halogens is 2. The van der Waals surface area contributed by atoms with E-state index < -0.39 is 5.82 Å². The molecule has 0 spiro atoms. The quantitative estimate of drug-likeness (QED) is 0.424. The molecule has 0 aliphatic carbocycles. The number of nitrogens with zero attached hydrogens (tertiary/aromatic N) is 3. The Hall–Kier alpha value is -2.76. The molecule has 0 saturated carbocycles. The largest absolute Gasteiger partial charge is 0.495 e. The van der Waals surface area contributed by atoms with E-state index in [0.717, 1.165) is 16.9 Å². The summed E-state index contributed by atoms with van der Waals surface area (Å²) in [5.41, 5.74) is 1.24. The molecule has 1 saturated heterocycles. The predicted octanol–water partition coefficient (Wildman–Crippen LogP) is 4.63. The minimum atomic E-state index is -0.539. The van der Waals surface area contributed by atoms with Gasteiger partial charge >= 0.3 is 0 Å². The number of amides is 1. The molecule has 0 unspecified atom stereocenters. The molecule has 0 bridgehead atoms. The van der Waals surface area contributed by atoms with E-state index in [-0.39, 0.29) is 23.8 Å². The molecule has 4 rings (SSSR count). The van der Waals surface area contributed by atoms with Gasteiger partial charge in [-0.25, -0.2) is 9.37 Å². The number of carbonyl (C=O) groups excluding carboxylic acids is 1. The van der Waals surface area contributed by atoms with Gasteiger partial charge in [0.1, 0.15) is 10.6 Å². The summed E-state index contributed by atoms with van der Waals surface area (Å²) in [7, 11) is 1.52. The van der Waals surface area contributed by atoms with Gasteiger partial charge in [0, 0.05) is 42.6 Å². The van der Waals surface area contributed by atoms with Crippen LogP contribution >= 0.6 is 27.3 Å².